The van der Waals surface area contributed by atoms with Crippen molar-refractivity contribution < 1.29 is 14.2 Å². The number of nitrogens with one attached hydrogen (secondary N) is 2. The molecule has 3 rings (SSSR count). The molecule has 0 radical (unpaired) electrons. The number of nitrogens with zero attached hydrogens (tertiary/aromatic N) is 1. The van der Waals surface area contributed by atoms with E-state index < -0.39 is 0 Å². The summed E-state index contributed by atoms with van der Waals surface area (Å²) in [6, 6.07) is 6.29. The first kappa shape index (κ1) is 17.9. The van der Waals surface area contributed by atoms with Gasteiger partial charge in [0.25, 0.3) is 0 Å². The van der Waals surface area contributed by atoms with Gasteiger partial charge in [-0.05, 0) is 43.9 Å². The van der Waals surface area contributed by atoms with Crippen LogP contribution in [0.3, 0.4) is 0 Å². The third-order valence-corrected chi connectivity index (χ3v) is 4.86. The lowest BCUT2D eigenvalue weighted by Crippen LogP contribution is -2.41. The van der Waals surface area contributed by atoms with E-state index >= 15 is 0 Å². The molecule has 1 aromatic carbocycles. The first-order valence-corrected chi connectivity index (χ1v) is 9.27. The molecule has 2 heterocycles. The van der Waals surface area contributed by atoms with Gasteiger partial charge in [0.15, 0.2) is 17.5 Å². The topological polar surface area (TPSA) is 64.1 Å². The SMILES string of the molecule is CCCNC(=NCC1(c2ccc3c(c2)OCO3)CCOCC1)NCC. The van der Waals surface area contributed by atoms with Gasteiger partial charge >= 0.3 is 0 Å². The van der Waals surface area contributed by atoms with Crippen molar-refractivity contribution in [2.45, 2.75) is 38.5 Å². The number of fused-ring (bicyclic) bond motifs is 1. The van der Waals surface area contributed by atoms with Crippen LogP contribution in [-0.2, 0) is 10.2 Å². The molecule has 0 bridgehead atoms. The van der Waals surface area contributed by atoms with Crippen LogP contribution < -0.4 is 20.1 Å². The molecular formula is C19H29N3O3. The molecule has 0 spiro atoms. The first-order chi connectivity index (χ1) is 12.3. The third-order valence-electron chi connectivity index (χ3n) is 4.86. The predicted octanol–water partition coefficient (Wildman–Crippen LogP) is 2.43. The molecule has 2 N–H and O–H groups in total. The third kappa shape index (κ3) is 4.18. The summed E-state index contributed by atoms with van der Waals surface area (Å²) in [5.74, 6) is 2.55. The monoisotopic (exact) mass is 347 g/mol. The quantitative estimate of drug-likeness (QED) is 0.611. The number of guanidine groups is 1. The minimum absolute atomic E-state index is 0.0200. The van der Waals surface area contributed by atoms with Crippen molar-refractivity contribution in [3.63, 3.8) is 0 Å². The van der Waals surface area contributed by atoms with Crippen LogP contribution in [0.25, 0.3) is 0 Å². The highest BCUT2D eigenvalue weighted by atomic mass is 16.7. The van der Waals surface area contributed by atoms with Gasteiger partial charge in [-0.15, -0.1) is 0 Å². The number of hydrogen-bond donors (Lipinski definition) is 2. The van der Waals surface area contributed by atoms with E-state index in [1.807, 2.05) is 6.07 Å². The summed E-state index contributed by atoms with van der Waals surface area (Å²) in [6.45, 7) is 8.59. The van der Waals surface area contributed by atoms with E-state index in [1.54, 1.807) is 0 Å². The Morgan fingerprint density at radius 2 is 1.92 bits per heavy atom. The zero-order valence-electron chi connectivity index (χ0n) is 15.3. The van der Waals surface area contributed by atoms with Crippen LogP contribution in [0, 0.1) is 0 Å². The normalized spacial score (nSPS) is 18.9. The summed E-state index contributed by atoms with van der Waals surface area (Å²) in [4.78, 5) is 4.88. The summed E-state index contributed by atoms with van der Waals surface area (Å²) in [7, 11) is 0. The first-order valence-electron chi connectivity index (χ1n) is 9.27. The van der Waals surface area contributed by atoms with Gasteiger partial charge in [-0.2, -0.15) is 0 Å². The second-order valence-electron chi connectivity index (χ2n) is 6.58. The van der Waals surface area contributed by atoms with Gasteiger partial charge in [0.05, 0.1) is 6.54 Å². The fraction of sp³-hybridized carbons (Fsp3) is 0.632. The molecule has 0 atom stereocenters. The molecule has 2 aliphatic rings. The van der Waals surface area contributed by atoms with E-state index in [2.05, 4.69) is 36.6 Å². The number of ether oxygens (including phenoxy) is 3. The minimum Gasteiger partial charge on any atom is -0.454 e. The van der Waals surface area contributed by atoms with Gasteiger partial charge in [-0.25, -0.2) is 0 Å². The van der Waals surface area contributed by atoms with E-state index in [0.717, 1.165) is 69.6 Å². The number of hydrogen-bond acceptors (Lipinski definition) is 4. The maximum atomic E-state index is 5.62. The van der Waals surface area contributed by atoms with E-state index in [9.17, 15) is 0 Å². The van der Waals surface area contributed by atoms with Crippen molar-refractivity contribution in [2.75, 3.05) is 39.6 Å². The Kier molecular flexibility index (Phi) is 6.02. The lowest BCUT2D eigenvalue weighted by atomic mass is 9.74. The maximum Gasteiger partial charge on any atom is 0.231 e. The molecule has 0 unspecified atom stereocenters. The Labute approximate surface area is 149 Å². The molecule has 1 saturated heterocycles. The molecule has 1 fully saturated rings. The second kappa shape index (κ2) is 8.43. The average Bonchev–Trinajstić information content (AvgIpc) is 3.12. The van der Waals surface area contributed by atoms with Crippen LogP contribution in [0.15, 0.2) is 23.2 Å². The fourth-order valence-corrected chi connectivity index (χ4v) is 3.34. The lowest BCUT2D eigenvalue weighted by Gasteiger charge is -2.36. The van der Waals surface area contributed by atoms with Gasteiger partial charge in [0, 0.05) is 31.7 Å². The molecule has 138 valence electrons. The number of rotatable bonds is 6. The Morgan fingerprint density at radius 3 is 2.68 bits per heavy atom. The van der Waals surface area contributed by atoms with E-state index in [-0.39, 0.29) is 5.41 Å². The number of benzene rings is 1. The standard InChI is InChI=1S/C19H29N3O3/c1-3-9-21-18(20-4-2)22-13-19(7-10-23-11-8-19)15-5-6-16-17(12-15)25-14-24-16/h5-6,12H,3-4,7-11,13-14H2,1-2H3,(H2,20,21,22). The summed E-state index contributed by atoms with van der Waals surface area (Å²) in [6.07, 6.45) is 3.00. The molecule has 0 saturated carbocycles. The van der Waals surface area contributed by atoms with Crippen LogP contribution >= 0.6 is 0 Å². The van der Waals surface area contributed by atoms with Crippen molar-refractivity contribution in [3.8, 4) is 11.5 Å². The number of aliphatic imine (C=N–C) groups is 1. The van der Waals surface area contributed by atoms with Gasteiger partial charge < -0.3 is 24.8 Å². The van der Waals surface area contributed by atoms with Crippen molar-refractivity contribution in [1.29, 1.82) is 0 Å². The van der Waals surface area contributed by atoms with Crippen molar-refractivity contribution >= 4 is 5.96 Å². The van der Waals surface area contributed by atoms with Crippen LogP contribution in [0.5, 0.6) is 11.5 Å². The highest BCUT2D eigenvalue weighted by molar-refractivity contribution is 5.79. The van der Waals surface area contributed by atoms with Crippen LogP contribution in [0.4, 0.5) is 0 Å². The molecule has 0 aromatic heterocycles. The molecule has 0 aliphatic carbocycles. The summed E-state index contributed by atoms with van der Waals surface area (Å²) < 4.78 is 16.7. The molecule has 0 amide bonds. The highest BCUT2D eigenvalue weighted by Gasteiger charge is 2.35. The Bertz CT molecular complexity index is 598. The fourth-order valence-electron chi connectivity index (χ4n) is 3.34. The van der Waals surface area contributed by atoms with Crippen molar-refractivity contribution in [3.05, 3.63) is 23.8 Å². The van der Waals surface area contributed by atoms with Crippen LogP contribution in [-0.4, -0.2) is 45.6 Å². The summed E-state index contributed by atoms with van der Waals surface area (Å²) >= 11 is 0. The van der Waals surface area contributed by atoms with Crippen molar-refractivity contribution in [1.82, 2.24) is 10.6 Å². The Balaban J connectivity index is 1.83. The highest BCUT2D eigenvalue weighted by Crippen LogP contribution is 2.41. The second-order valence-corrected chi connectivity index (χ2v) is 6.58. The molecule has 25 heavy (non-hydrogen) atoms. The van der Waals surface area contributed by atoms with Crippen LogP contribution in [0.1, 0.15) is 38.7 Å². The van der Waals surface area contributed by atoms with E-state index in [1.165, 1.54) is 5.56 Å². The van der Waals surface area contributed by atoms with E-state index in [0.29, 0.717) is 6.79 Å². The molecule has 6 nitrogen and oxygen atoms in total. The van der Waals surface area contributed by atoms with Crippen LogP contribution in [0.2, 0.25) is 0 Å². The molecular weight excluding hydrogens is 318 g/mol. The predicted molar refractivity (Wildman–Crippen MR) is 98.6 cm³/mol. The van der Waals surface area contributed by atoms with E-state index in [4.69, 9.17) is 19.2 Å². The average molecular weight is 347 g/mol. The smallest absolute Gasteiger partial charge is 0.231 e. The van der Waals surface area contributed by atoms with Crippen molar-refractivity contribution in [2.24, 2.45) is 4.99 Å². The summed E-state index contributed by atoms with van der Waals surface area (Å²) in [5, 5.41) is 6.71. The van der Waals surface area contributed by atoms with Gasteiger partial charge in [-0.1, -0.05) is 13.0 Å². The summed E-state index contributed by atoms with van der Waals surface area (Å²) in [5.41, 5.74) is 1.24. The molecule has 2 aliphatic heterocycles. The largest absolute Gasteiger partial charge is 0.454 e. The minimum atomic E-state index is -0.0200. The zero-order chi connectivity index (χ0) is 17.5. The maximum absolute atomic E-state index is 5.62. The van der Waals surface area contributed by atoms with Gasteiger partial charge in [-0.3, -0.25) is 4.99 Å². The molecule has 1 aromatic rings. The Hall–Kier alpha value is -1.95. The molecule has 6 heteroatoms. The zero-order valence-corrected chi connectivity index (χ0v) is 15.3. The Morgan fingerprint density at radius 1 is 1.12 bits per heavy atom. The van der Waals surface area contributed by atoms with Gasteiger partial charge in [0.2, 0.25) is 6.79 Å². The van der Waals surface area contributed by atoms with Gasteiger partial charge in [0.1, 0.15) is 0 Å². The lowest BCUT2D eigenvalue weighted by molar-refractivity contribution is 0.0530.